The van der Waals surface area contributed by atoms with Gasteiger partial charge in [0.1, 0.15) is 5.82 Å². The Kier molecular flexibility index (Phi) is 3.10. The van der Waals surface area contributed by atoms with Crippen LogP contribution in [0.2, 0.25) is 0 Å². The molecule has 3 rings (SSSR count). The predicted octanol–water partition coefficient (Wildman–Crippen LogP) is 2.48. The van der Waals surface area contributed by atoms with Crippen molar-refractivity contribution in [2.24, 2.45) is 0 Å². The minimum absolute atomic E-state index is 0.627. The fourth-order valence-electron chi connectivity index (χ4n) is 3.08. The first-order valence-corrected chi connectivity index (χ1v) is 6.91. The fraction of sp³-hybridized carbons (Fsp3) is 0.714. The normalized spacial score (nSPS) is 21.2. The number of hydrogen-bond donors (Lipinski definition) is 1. The van der Waals surface area contributed by atoms with Gasteiger partial charge in [-0.05, 0) is 19.8 Å². The maximum atomic E-state index is 4.85. The third kappa shape index (κ3) is 2.21. The van der Waals surface area contributed by atoms with Gasteiger partial charge >= 0.3 is 0 Å². The quantitative estimate of drug-likeness (QED) is 0.807. The summed E-state index contributed by atoms with van der Waals surface area (Å²) in [7, 11) is 0. The van der Waals surface area contributed by atoms with Crippen LogP contribution in [-0.2, 0) is 13.0 Å². The first-order chi connectivity index (χ1) is 8.34. The number of fused-ring (bicyclic) bond motifs is 1. The highest BCUT2D eigenvalue weighted by molar-refractivity contribution is 5.28. The smallest absolute Gasteiger partial charge is 0.131 e. The van der Waals surface area contributed by atoms with E-state index < -0.39 is 0 Å². The molecule has 3 nitrogen and oxygen atoms in total. The van der Waals surface area contributed by atoms with E-state index in [1.54, 1.807) is 0 Å². The molecule has 1 saturated carbocycles. The van der Waals surface area contributed by atoms with Gasteiger partial charge in [-0.25, -0.2) is 9.97 Å². The lowest BCUT2D eigenvalue weighted by atomic mass is 9.88. The molecule has 1 aromatic heterocycles. The zero-order chi connectivity index (χ0) is 11.7. The number of aromatic nitrogens is 2. The third-order valence-corrected chi connectivity index (χ3v) is 4.13. The fourth-order valence-corrected chi connectivity index (χ4v) is 3.08. The van der Waals surface area contributed by atoms with E-state index >= 15 is 0 Å². The number of nitrogens with one attached hydrogen (secondary N) is 1. The second-order valence-corrected chi connectivity index (χ2v) is 5.35. The van der Waals surface area contributed by atoms with Crippen LogP contribution in [0.3, 0.4) is 0 Å². The molecular formula is C14H21N3. The topological polar surface area (TPSA) is 37.8 Å². The zero-order valence-corrected chi connectivity index (χ0v) is 10.6. The van der Waals surface area contributed by atoms with Gasteiger partial charge in [0.2, 0.25) is 0 Å². The van der Waals surface area contributed by atoms with Crippen molar-refractivity contribution >= 4 is 0 Å². The summed E-state index contributed by atoms with van der Waals surface area (Å²) >= 11 is 0. The maximum absolute atomic E-state index is 4.85. The van der Waals surface area contributed by atoms with E-state index in [2.05, 4.69) is 12.2 Å². The molecular weight excluding hydrogens is 210 g/mol. The van der Waals surface area contributed by atoms with Crippen LogP contribution in [0.5, 0.6) is 0 Å². The van der Waals surface area contributed by atoms with E-state index in [-0.39, 0.29) is 0 Å². The summed E-state index contributed by atoms with van der Waals surface area (Å²) < 4.78 is 0. The SMILES string of the molecule is Cc1nc(C2CCCCC2)nc2c1CNCC2. The molecule has 17 heavy (non-hydrogen) atoms. The van der Waals surface area contributed by atoms with Gasteiger partial charge in [0.25, 0.3) is 0 Å². The lowest BCUT2D eigenvalue weighted by Crippen LogP contribution is -2.27. The molecule has 0 atom stereocenters. The maximum Gasteiger partial charge on any atom is 0.131 e. The third-order valence-electron chi connectivity index (χ3n) is 4.13. The van der Waals surface area contributed by atoms with Crippen molar-refractivity contribution in [1.82, 2.24) is 15.3 Å². The van der Waals surface area contributed by atoms with Crippen LogP contribution < -0.4 is 5.32 Å². The Morgan fingerprint density at radius 2 is 1.94 bits per heavy atom. The van der Waals surface area contributed by atoms with Crippen molar-refractivity contribution in [2.45, 2.75) is 57.9 Å². The molecule has 0 spiro atoms. The lowest BCUT2D eigenvalue weighted by Gasteiger charge is -2.24. The predicted molar refractivity (Wildman–Crippen MR) is 68.0 cm³/mol. The monoisotopic (exact) mass is 231 g/mol. The molecule has 2 heterocycles. The van der Waals surface area contributed by atoms with Gasteiger partial charge in [-0.15, -0.1) is 0 Å². The van der Waals surface area contributed by atoms with Gasteiger partial charge < -0.3 is 5.32 Å². The number of rotatable bonds is 1. The van der Waals surface area contributed by atoms with Gasteiger partial charge in [0.05, 0.1) is 5.69 Å². The summed E-state index contributed by atoms with van der Waals surface area (Å²) in [5.41, 5.74) is 3.84. The van der Waals surface area contributed by atoms with Gasteiger partial charge in [-0.1, -0.05) is 19.3 Å². The number of aryl methyl sites for hydroxylation is 1. The molecule has 1 aromatic rings. The molecule has 0 radical (unpaired) electrons. The summed E-state index contributed by atoms with van der Waals surface area (Å²) in [5.74, 6) is 1.76. The van der Waals surface area contributed by atoms with Crippen LogP contribution in [0, 0.1) is 6.92 Å². The Bertz CT molecular complexity index is 408. The largest absolute Gasteiger partial charge is 0.312 e. The second kappa shape index (κ2) is 4.73. The van der Waals surface area contributed by atoms with E-state index in [0.29, 0.717) is 5.92 Å². The Morgan fingerprint density at radius 3 is 2.76 bits per heavy atom. The molecule has 0 unspecified atom stereocenters. The van der Waals surface area contributed by atoms with E-state index in [9.17, 15) is 0 Å². The van der Waals surface area contributed by atoms with Crippen molar-refractivity contribution in [1.29, 1.82) is 0 Å². The summed E-state index contributed by atoms with van der Waals surface area (Å²) in [6, 6.07) is 0. The van der Waals surface area contributed by atoms with Gasteiger partial charge in [-0.3, -0.25) is 0 Å². The highest BCUT2D eigenvalue weighted by Crippen LogP contribution is 2.31. The highest BCUT2D eigenvalue weighted by atomic mass is 15.0. The van der Waals surface area contributed by atoms with Crippen molar-refractivity contribution in [3.63, 3.8) is 0 Å². The van der Waals surface area contributed by atoms with Crippen molar-refractivity contribution in [3.05, 3.63) is 22.8 Å². The van der Waals surface area contributed by atoms with Crippen LogP contribution >= 0.6 is 0 Å². The zero-order valence-electron chi connectivity index (χ0n) is 10.6. The van der Waals surface area contributed by atoms with Crippen LogP contribution in [-0.4, -0.2) is 16.5 Å². The van der Waals surface area contributed by atoms with Gasteiger partial charge in [-0.2, -0.15) is 0 Å². The minimum Gasteiger partial charge on any atom is -0.312 e. The lowest BCUT2D eigenvalue weighted by molar-refractivity contribution is 0.425. The molecule has 92 valence electrons. The molecule has 0 saturated heterocycles. The Balaban J connectivity index is 1.92. The summed E-state index contributed by atoms with van der Waals surface area (Å²) in [4.78, 5) is 9.61. The van der Waals surface area contributed by atoms with E-state index in [0.717, 1.165) is 25.3 Å². The van der Waals surface area contributed by atoms with E-state index in [1.807, 2.05) is 0 Å². The summed E-state index contributed by atoms with van der Waals surface area (Å²) in [6.45, 7) is 4.15. The van der Waals surface area contributed by atoms with Gasteiger partial charge in [0.15, 0.2) is 0 Å². The molecule has 1 N–H and O–H groups in total. The average molecular weight is 231 g/mol. The van der Waals surface area contributed by atoms with E-state index in [1.165, 1.54) is 49.1 Å². The molecule has 2 aliphatic rings. The van der Waals surface area contributed by atoms with Crippen LogP contribution in [0.4, 0.5) is 0 Å². The molecule has 3 heteroatoms. The standard InChI is InChI=1S/C14H21N3/c1-10-12-9-15-8-7-13(12)17-14(16-10)11-5-3-2-4-6-11/h11,15H,2-9H2,1H3. The number of hydrogen-bond acceptors (Lipinski definition) is 3. The highest BCUT2D eigenvalue weighted by Gasteiger charge is 2.21. The second-order valence-electron chi connectivity index (χ2n) is 5.35. The van der Waals surface area contributed by atoms with Crippen molar-refractivity contribution < 1.29 is 0 Å². The molecule has 1 fully saturated rings. The van der Waals surface area contributed by atoms with Gasteiger partial charge in [0, 0.05) is 36.7 Å². The van der Waals surface area contributed by atoms with Crippen LogP contribution in [0.15, 0.2) is 0 Å². The van der Waals surface area contributed by atoms with Crippen LogP contribution in [0.25, 0.3) is 0 Å². The first kappa shape index (κ1) is 11.1. The first-order valence-electron chi connectivity index (χ1n) is 6.91. The Morgan fingerprint density at radius 1 is 1.12 bits per heavy atom. The average Bonchev–Trinajstić information content (AvgIpc) is 2.40. The van der Waals surface area contributed by atoms with E-state index in [4.69, 9.17) is 9.97 Å². The minimum atomic E-state index is 0.627. The Hall–Kier alpha value is -0.960. The summed E-state index contributed by atoms with van der Waals surface area (Å²) in [6.07, 6.45) is 7.74. The van der Waals surface area contributed by atoms with Crippen molar-refractivity contribution in [2.75, 3.05) is 6.54 Å². The van der Waals surface area contributed by atoms with Crippen molar-refractivity contribution in [3.8, 4) is 0 Å². The molecule has 1 aliphatic carbocycles. The molecule has 0 bridgehead atoms. The van der Waals surface area contributed by atoms with Crippen LogP contribution in [0.1, 0.15) is 60.8 Å². The molecule has 1 aliphatic heterocycles. The summed E-state index contributed by atoms with van der Waals surface area (Å²) in [5, 5.41) is 3.40. The molecule has 0 aromatic carbocycles. The number of nitrogens with zero attached hydrogens (tertiary/aromatic N) is 2. The molecule has 0 amide bonds. The Labute approximate surface area is 103 Å².